The Labute approximate surface area is 122 Å². The maximum Gasteiger partial charge on any atom is 0.222 e. The lowest BCUT2D eigenvalue weighted by atomic mass is 10.1. The molecule has 0 aliphatic rings. The van der Waals surface area contributed by atoms with Crippen LogP contribution in [0, 0.1) is 0 Å². The van der Waals surface area contributed by atoms with Crippen molar-refractivity contribution >= 4 is 17.5 Å². The topological polar surface area (TPSA) is 56.3 Å². The second-order valence-electron chi connectivity index (χ2n) is 4.08. The molecule has 0 aliphatic carbocycles. The lowest BCUT2D eigenvalue weighted by Crippen LogP contribution is -2.24. The molecular formula is C14H16ClN3O2. The first-order chi connectivity index (χ1) is 9.72. The molecule has 1 N–H and O–H groups in total. The third-order valence-electron chi connectivity index (χ3n) is 2.78. The molecular weight excluding hydrogens is 278 g/mol. The van der Waals surface area contributed by atoms with Gasteiger partial charge in [-0.15, -0.1) is 0 Å². The van der Waals surface area contributed by atoms with Crippen LogP contribution >= 0.6 is 11.6 Å². The first-order valence-corrected chi connectivity index (χ1v) is 6.48. The highest BCUT2D eigenvalue weighted by molar-refractivity contribution is 6.30. The monoisotopic (exact) mass is 293 g/mol. The van der Waals surface area contributed by atoms with E-state index in [9.17, 15) is 0 Å². The van der Waals surface area contributed by atoms with E-state index in [4.69, 9.17) is 21.1 Å². The van der Waals surface area contributed by atoms with Crippen molar-refractivity contribution in [3.05, 3.63) is 41.7 Å². The Bertz CT molecular complexity index is 527. The van der Waals surface area contributed by atoms with Gasteiger partial charge in [0, 0.05) is 37.2 Å². The van der Waals surface area contributed by atoms with Crippen LogP contribution in [0.1, 0.15) is 0 Å². The number of nitrogens with one attached hydrogen (secondary N) is 1. The Balaban J connectivity index is 2.01. The number of hydrogen-bond acceptors (Lipinski definition) is 5. The summed E-state index contributed by atoms with van der Waals surface area (Å²) in [5, 5.41) is 3.75. The zero-order chi connectivity index (χ0) is 14.4. The number of rotatable bonds is 6. The van der Waals surface area contributed by atoms with Crippen molar-refractivity contribution in [3.8, 4) is 11.1 Å². The molecule has 0 fully saturated rings. The molecule has 1 aromatic carbocycles. The van der Waals surface area contributed by atoms with Crippen molar-refractivity contribution < 1.29 is 9.47 Å². The van der Waals surface area contributed by atoms with Crippen LogP contribution in [0.25, 0.3) is 11.1 Å². The minimum absolute atomic E-state index is 0.324. The van der Waals surface area contributed by atoms with Crippen LogP contribution in [0.5, 0.6) is 0 Å². The van der Waals surface area contributed by atoms with Gasteiger partial charge < -0.3 is 14.8 Å². The predicted octanol–water partition coefficient (Wildman–Crippen LogP) is 2.83. The van der Waals surface area contributed by atoms with Crippen LogP contribution in [0.15, 0.2) is 36.7 Å². The van der Waals surface area contributed by atoms with E-state index in [2.05, 4.69) is 15.3 Å². The molecule has 0 bridgehead atoms. The van der Waals surface area contributed by atoms with Crippen molar-refractivity contribution in [1.29, 1.82) is 0 Å². The number of anilines is 1. The molecule has 5 nitrogen and oxygen atoms in total. The maximum atomic E-state index is 5.86. The molecule has 1 aromatic heterocycles. The van der Waals surface area contributed by atoms with E-state index < -0.39 is 0 Å². The van der Waals surface area contributed by atoms with Crippen LogP contribution in [0.4, 0.5) is 5.95 Å². The highest BCUT2D eigenvalue weighted by Crippen LogP contribution is 2.20. The zero-order valence-electron chi connectivity index (χ0n) is 11.3. The normalized spacial score (nSPS) is 10.8. The lowest BCUT2D eigenvalue weighted by molar-refractivity contribution is -0.0914. The van der Waals surface area contributed by atoms with Gasteiger partial charge in [0.15, 0.2) is 6.29 Å². The van der Waals surface area contributed by atoms with Gasteiger partial charge in [0.2, 0.25) is 5.95 Å². The number of halogens is 1. The standard InChI is InChI=1S/C14H16ClN3O2/c1-19-13(20-2)9-18-14-16-7-11(8-17-14)10-3-5-12(15)6-4-10/h3-8,13H,9H2,1-2H3,(H,16,17,18). The third kappa shape index (κ3) is 3.90. The number of ether oxygens (including phenoxy) is 2. The van der Waals surface area contributed by atoms with Gasteiger partial charge >= 0.3 is 0 Å². The summed E-state index contributed by atoms with van der Waals surface area (Å²) in [6.45, 7) is 0.479. The van der Waals surface area contributed by atoms with Crippen LogP contribution in [-0.2, 0) is 9.47 Å². The summed E-state index contributed by atoms with van der Waals surface area (Å²) in [6, 6.07) is 7.54. The van der Waals surface area contributed by atoms with Gasteiger partial charge in [-0.1, -0.05) is 23.7 Å². The Kier molecular flexibility index (Phi) is 5.29. The van der Waals surface area contributed by atoms with Gasteiger partial charge in [-0.05, 0) is 17.7 Å². The first-order valence-electron chi connectivity index (χ1n) is 6.10. The van der Waals surface area contributed by atoms with Crippen molar-refractivity contribution in [3.63, 3.8) is 0 Å². The average molecular weight is 294 g/mol. The summed E-state index contributed by atoms with van der Waals surface area (Å²) in [5.41, 5.74) is 1.95. The number of methoxy groups -OCH3 is 2. The number of nitrogens with zero attached hydrogens (tertiary/aromatic N) is 2. The largest absolute Gasteiger partial charge is 0.354 e. The molecule has 0 saturated carbocycles. The second kappa shape index (κ2) is 7.19. The van der Waals surface area contributed by atoms with Crippen molar-refractivity contribution in [2.75, 3.05) is 26.1 Å². The average Bonchev–Trinajstić information content (AvgIpc) is 2.50. The molecule has 2 rings (SSSR count). The van der Waals surface area contributed by atoms with Gasteiger partial charge in [-0.25, -0.2) is 9.97 Å². The molecule has 1 heterocycles. The van der Waals surface area contributed by atoms with E-state index in [1.54, 1.807) is 26.6 Å². The van der Waals surface area contributed by atoms with Gasteiger partial charge in [-0.2, -0.15) is 0 Å². The summed E-state index contributed by atoms with van der Waals surface area (Å²) < 4.78 is 10.1. The smallest absolute Gasteiger partial charge is 0.222 e. The quantitative estimate of drug-likeness (QED) is 0.830. The van der Waals surface area contributed by atoms with Crippen molar-refractivity contribution in [2.24, 2.45) is 0 Å². The summed E-state index contributed by atoms with van der Waals surface area (Å²) in [6.07, 6.45) is 3.19. The van der Waals surface area contributed by atoms with E-state index in [0.717, 1.165) is 11.1 Å². The fourth-order valence-electron chi connectivity index (χ4n) is 1.65. The summed E-state index contributed by atoms with van der Waals surface area (Å²) in [7, 11) is 3.17. The predicted molar refractivity (Wildman–Crippen MR) is 78.8 cm³/mol. The zero-order valence-corrected chi connectivity index (χ0v) is 12.1. The molecule has 0 radical (unpaired) electrons. The first kappa shape index (κ1) is 14.7. The molecule has 6 heteroatoms. The number of benzene rings is 1. The molecule has 0 amide bonds. The van der Waals surface area contributed by atoms with Gasteiger partial charge in [0.25, 0.3) is 0 Å². The fourth-order valence-corrected chi connectivity index (χ4v) is 1.77. The van der Waals surface area contributed by atoms with E-state index in [1.807, 2.05) is 24.3 Å². The van der Waals surface area contributed by atoms with Gasteiger partial charge in [0.1, 0.15) is 0 Å². The highest BCUT2D eigenvalue weighted by Gasteiger charge is 2.06. The van der Waals surface area contributed by atoms with E-state index >= 15 is 0 Å². The third-order valence-corrected chi connectivity index (χ3v) is 3.03. The Hall–Kier alpha value is -1.69. The van der Waals surface area contributed by atoms with Crippen molar-refractivity contribution in [1.82, 2.24) is 9.97 Å². The summed E-state index contributed by atoms with van der Waals surface area (Å²) >= 11 is 5.86. The molecule has 0 saturated heterocycles. The Morgan fingerprint density at radius 1 is 1.05 bits per heavy atom. The molecule has 20 heavy (non-hydrogen) atoms. The van der Waals surface area contributed by atoms with Crippen LogP contribution < -0.4 is 5.32 Å². The molecule has 2 aromatic rings. The minimum atomic E-state index is -0.324. The number of aromatic nitrogens is 2. The fraction of sp³-hybridized carbons (Fsp3) is 0.286. The van der Waals surface area contributed by atoms with Crippen LogP contribution in [0.3, 0.4) is 0 Å². The molecule has 0 aliphatic heterocycles. The SMILES string of the molecule is COC(CNc1ncc(-c2ccc(Cl)cc2)cn1)OC. The number of hydrogen-bond donors (Lipinski definition) is 1. The highest BCUT2D eigenvalue weighted by atomic mass is 35.5. The van der Waals surface area contributed by atoms with Gasteiger partial charge in [-0.3, -0.25) is 0 Å². The lowest BCUT2D eigenvalue weighted by Gasteiger charge is -2.13. The summed E-state index contributed by atoms with van der Waals surface area (Å²) in [5.74, 6) is 0.529. The van der Waals surface area contributed by atoms with E-state index in [0.29, 0.717) is 17.5 Å². The summed E-state index contributed by atoms with van der Waals surface area (Å²) in [4.78, 5) is 8.50. The molecule has 106 valence electrons. The van der Waals surface area contributed by atoms with E-state index in [-0.39, 0.29) is 6.29 Å². The minimum Gasteiger partial charge on any atom is -0.354 e. The molecule has 0 spiro atoms. The maximum absolute atomic E-state index is 5.86. The van der Waals surface area contributed by atoms with Gasteiger partial charge in [0.05, 0.1) is 6.54 Å². The molecule has 0 atom stereocenters. The van der Waals surface area contributed by atoms with Crippen molar-refractivity contribution in [2.45, 2.75) is 6.29 Å². The van der Waals surface area contributed by atoms with E-state index in [1.165, 1.54) is 0 Å². The molecule has 0 unspecified atom stereocenters. The Morgan fingerprint density at radius 3 is 2.20 bits per heavy atom. The van der Waals surface area contributed by atoms with Crippen LogP contribution in [-0.4, -0.2) is 37.0 Å². The Morgan fingerprint density at radius 2 is 1.65 bits per heavy atom. The van der Waals surface area contributed by atoms with Crippen LogP contribution in [0.2, 0.25) is 5.02 Å². The second-order valence-corrected chi connectivity index (χ2v) is 4.52.